The summed E-state index contributed by atoms with van der Waals surface area (Å²) in [5, 5.41) is 4.76. The number of ether oxygens (including phenoxy) is 3. The quantitative estimate of drug-likeness (QED) is 0.610. The van der Waals surface area contributed by atoms with Crippen LogP contribution in [0.25, 0.3) is 11.3 Å². The van der Waals surface area contributed by atoms with E-state index in [4.69, 9.17) is 14.2 Å². The zero-order chi connectivity index (χ0) is 19.9. The summed E-state index contributed by atoms with van der Waals surface area (Å²) >= 11 is 1.24. The molecule has 3 aromatic rings. The molecular weight excluding hydrogens is 382 g/mol. The fourth-order valence-corrected chi connectivity index (χ4v) is 3.04. The third kappa shape index (κ3) is 4.63. The fourth-order valence-electron chi connectivity index (χ4n) is 2.31. The number of anilines is 1. The molecule has 0 spiro atoms. The molecule has 28 heavy (non-hydrogen) atoms. The van der Waals surface area contributed by atoms with Crippen molar-refractivity contribution in [3.63, 3.8) is 0 Å². The lowest BCUT2D eigenvalue weighted by atomic mass is 10.1. The van der Waals surface area contributed by atoms with E-state index in [2.05, 4.69) is 15.3 Å². The molecule has 0 fully saturated rings. The molecule has 0 aliphatic heterocycles. The number of nitrogens with one attached hydrogen (secondary N) is 1. The van der Waals surface area contributed by atoms with Gasteiger partial charge in [0, 0.05) is 17.1 Å². The van der Waals surface area contributed by atoms with Crippen molar-refractivity contribution in [2.45, 2.75) is 0 Å². The van der Waals surface area contributed by atoms with Crippen LogP contribution in [-0.2, 0) is 9.53 Å². The van der Waals surface area contributed by atoms with Crippen LogP contribution < -0.4 is 14.8 Å². The number of pyridine rings is 1. The van der Waals surface area contributed by atoms with E-state index in [-0.39, 0.29) is 5.69 Å². The average molecular weight is 399 g/mol. The number of thiazole rings is 1. The summed E-state index contributed by atoms with van der Waals surface area (Å²) in [5.74, 6) is 0.128. The molecule has 0 radical (unpaired) electrons. The van der Waals surface area contributed by atoms with E-state index in [1.807, 2.05) is 0 Å². The Labute approximate surface area is 165 Å². The molecule has 0 bridgehead atoms. The van der Waals surface area contributed by atoms with E-state index in [0.29, 0.717) is 22.3 Å². The largest absolute Gasteiger partial charge is 0.497 e. The first kappa shape index (κ1) is 19.3. The number of methoxy groups -OCH3 is 2. The van der Waals surface area contributed by atoms with E-state index < -0.39 is 18.5 Å². The van der Waals surface area contributed by atoms with Gasteiger partial charge in [-0.1, -0.05) is 6.07 Å². The van der Waals surface area contributed by atoms with Crippen molar-refractivity contribution in [2.75, 3.05) is 26.1 Å². The van der Waals surface area contributed by atoms with Crippen LogP contribution in [0, 0.1) is 0 Å². The van der Waals surface area contributed by atoms with E-state index in [1.165, 1.54) is 23.6 Å². The summed E-state index contributed by atoms with van der Waals surface area (Å²) in [4.78, 5) is 32.1. The molecule has 9 heteroatoms. The number of nitrogens with zero attached hydrogens (tertiary/aromatic N) is 2. The monoisotopic (exact) mass is 399 g/mol. The van der Waals surface area contributed by atoms with Crippen LogP contribution in [0.15, 0.2) is 48.0 Å². The number of benzene rings is 1. The molecule has 1 amide bonds. The fraction of sp³-hybridized carbons (Fsp3) is 0.158. The second kappa shape index (κ2) is 8.96. The van der Waals surface area contributed by atoms with Gasteiger partial charge >= 0.3 is 5.97 Å². The van der Waals surface area contributed by atoms with Gasteiger partial charge in [0.05, 0.1) is 19.9 Å². The molecule has 3 rings (SSSR count). The number of amides is 1. The minimum absolute atomic E-state index is 0.136. The second-order valence-corrected chi connectivity index (χ2v) is 6.30. The first-order chi connectivity index (χ1) is 13.6. The highest BCUT2D eigenvalue weighted by Gasteiger charge is 2.15. The minimum atomic E-state index is -0.670. The number of rotatable bonds is 7. The van der Waals surface area contributed by atoms with Gasteiger partial charge in [0.15, 0.2) is 11.7 Å². The van der Waals surface area contributed by atoms with Crippen LogP contribution in [0.5, 0.6) is 11.5 Å². The maximum absolute atomic E-state index is 12.0. The van der Waals surface area contributed by atoms with Crippen LogP contribution in [0.4, 0.5) is 5.13 Å². The van der Waals surface area contributed by atoms with Crippen molar-refractivity contribution >= 4 is 28.3 Å². The molecule has 0 atom stereocenters. The molecule has 0 aliphatic rings. The van der Waals surface area contributed by atoms with Crippen molar-refractivity contribution in [3.8, 4) is 22.8 Å². The van der Waals surface area contributed by atoms with Crippen LogP contribution in [0.3, 0.4) is 0 Å². The molecular formula is C19H17N3O5S. The van der Waals surface area contributed by atoms with Gasteiger partial charge in [0.25, 0.3) is 5.91 Å². The lowest BCUT2D eigenvalue weighted by Gasteiger charge is -2.08. The second-order valence-electron chi connectivity index (χ2n) is 5.44. The maximum Gasteiger partial charge on any atom is 0.357 e. The summed E-state index contributed by atoms with van der Waals surface area (Å²) in [7, 11) is 3.14. The number of carbonyl (C=O) groups is 2. The number of hydrogen-bond donors (Lipinski definition) is 1. The lowest BCUT2D eigenvalue weighted by molar-refractivity contribution is -0.119. The predicted octanol–water partition coefficient (Wildman–Crippen LogP) is 3.02. The van der Waals surface area contributed by atoms with E-state index in [9.17, 15) is 9.59 Å². The SMILES string of the molecule is COc1ccc(OC)c(-c2csc(NC(=O)COC(=O)c3ccccn3)n2)c1. The van der Waals surface area contributed by atoms with Crippen LogP contribution in [0.2, 0.25) is 0 Å². The van der Waals surface area contributed by atoms with Gasteiger partial charge in [0.1, 0.15) is 17.2 Å². The smallest absolute Gasteiger partial charge is 0.357 e. The Morgan fingerprint density at radius 2 is 2.00 bits per heavy atom. The number of hydrogen-bond acceptors (Lipinski definition) is 8. The highest BCUT2D eigenvalue weighted by atomic mass is 32.1. The normalized spacial score (nSPS) is 10.2. The Hall–Kier alpha value is -3.46. The molecule has 144 valence electrons. The number of aromatic nitrogens is 2. The van der Waals surface area contributed by atoms with Crippen LogP contribution in [0.1, 0.15) is 10.5 Å². The Bertz CT molecular complexity index is 975. The predicted molar refractivity (Wildman–Crippen MR) is 104 cm³/mol. The Morgan fingerprint density at radius 1 is 1.14 bits per heavy atom. The van der Waals surface area contributed by atoms with Crippen LogP contribution >= 0.6 is 11.3 Å². The van der Waals surface area contributed by atoms with E-state index in [1.54, 1.807) is 49.9 Å². The summed E-state index contributed by atoms with van der Waals surface area (Å²) in [6, 6.07) is 10.2. The van der Waals surface area contributed by atoms with E-state index >= 15 is 0 Å². The molecule has 0 saturated carbocycles. The minimum Gasteiger partial charge on any atom is -0.497 e. The van der Waals surface area contributed by atoms with Gasteiger partial charge < -0.3 is 14.2 Å². The summed E-state index contributed by atoms with van der Waals surface area (Å²) in [6.07, 6.45) is 1.47. The maximum atomic E-state index is 12.0. The van der Waals surface area contributed by atoms with Crippen molar-refractivity contribution in [3.05, 3.63) is 53.7 Å². The van der Waals surface area contributed by atoms with Crippen molar-refractivity contribution in [1.82, 2.24) is 9.97 Å². The molecule has 1 aromatic carbocycles. The topological polar surface area (TPSA) is 99.6 Å². The van der Waals surface area contributed by atoms with Crippen molar-refractivity contribution < 1.29 is 23.8 Å². The first-order valence-corrected chi connectivity index (χ1v) is 9.04. The zero-order valence-corrected chi connectivity index (χ0v) is 16.0. The molecule has 2 heterocycles. The van der Waals surface area contributed by atoms with Gasteiger partial charge in [-0.15, -0.1) is 11.3 Å². The molecule has 2 aromatic heterocycles. The highest BCUT2D eigenvalue weighted by molar-refractivity contribution is 7.14. The van der Waals surface area contributed by atoms with Crippen molar-refractivity contribution in [2.24, 2.45) is 0 Å². The molecule has 0 unspecified atom stereocenters. The van der Waals surface area contributed by atoms with Gasteiger partial charge in [-0.25, -0.2) is 14.8 Å². The third-order valence-electron chi connectivity index (χ3n) is 3.64. The zero-order valence-electron chi connectivity index (χ0n) is 15.2. The molecule has 8 nitrogen and oxygen atoms in total. The molecule has 0 saturated heterocycles. The number of esters is 1. The Balaban J connectivity index is 1.63. The third-order valence-corrected chi connectivity index (χ3v) is 4.40. The van der Waals surface area contributed by atoms with Gasteiger partial charge in [-0.3, -0.25) is 10.1 Å². The van der Waals surface area contributed by atoms with Gasteiger partial charge in [-0.05, 0) is 30.3 Å². The van der Waals surface area contributed by atoms with Crippen LogP contribution in [-0.4, -0.2) is 42.7 Å². The standard InChI is InChI=1S/C19H17N3O5S/c1-25-12-6-7-16(26-2)13(9-12)15-11-28-19(21-15)22-17(23)10-27-18(24)14-5-3-4-8-20-14/h3-9,11H,10H2,1-2H3,(H,21,22,23). The summed E-state index contributed by atoms with van der Waals surface area (Å²) in [6.45, 7) is -0.438. The highest BCUT2D eigenvalue weighted by Crippen LogP contribution is 2.34. The van der Waals surface area contributed by atoms with Gasteiger partial charge in [0.2, 0.25) is 0 Å². The Kier molecular flexibility index (Phi) is 6.18. The lowest BCUT2D eigenvalue weighted by Crippen LogP contribution is -2.21. The average Bonchev–Trinajstić information content (AvgIpc) is 3.20. The first-order valence-electron chi connectivity index (χ1n) is 8.16. The Morgan fingerprint density at radius 3 is 2.71 bits per heavy atom. The van der Waals surface area contributed by atoms with Crippen molar-refractivity contribution in [1.29, 1.82) is 0 Å². The molecule has 1 N–H and O–H groups in total. The summed E-state index contributed by atoms with van der Waals surface area (Å²) in [5.41, 5.74) is 1.50. The van der Waals surface area contributed by atoms with Gasteiger partial charge in [-0.2, -0.15) is 0 Å². The molecule has 0 aliphatic carbocycles. The number of carbonyl (C=O) groups excluding carboxylic acids is 2. The van der Waals surface area contributed by atoms with E-state index in [0.717, 1.165) is 5.56 Å². The summed E-state index contributed by atoms with van der Waals surface area (Å²) < 4.78 is 15.5.